The fourth-order valence-electron chi connectivity index (χ4n) is 2.29. The third-order valence-electron chi connectivity index (χ3n) is 3.75. The molecule has 0 fully saturated rings. The van der Waals surface area contributed by atoms with E-state index in [0.29, 0.717) is 23.0 Å². The van der Waals surface area contributed by atoms with Gasteiger partial charge in [0.25, 0.3) is 5.91 Å². The molecule has 1 aromatic heterocycles. The van der Waals surface area contributed by atoms with Crippen LogP contribution in [0, 0.1) is 6.92 Å². The number of fused-ring (bicyclic) bond motifs is 1. The Labute approximate surface area is 162 Å². The molecule has 0 saturated heterocycles. The second-order valence-corrected chi connectivity index (χ2v) is 6.75. The molecule has 0 aliphatic carbocycles. The molecule has 2 aromatic rings. The van der Waals surface area contributed by atoms with Crippen LogP contribution in [0.2, 0.25) is 0 Å². The summed E-state index contributed by atoms with van der Waals surface area (Å²) in [6.45, 7) is 4.91. The number of nitrogens with one attached hydrogen (secondary N) is 3. The van der Waals surface area contributed by atoms with E-state index < -0.39 is 17.6 Å². The average molecular weight is 392 g/mol. The Morgan fingerprint density at radius 2 is 2.04 bits per heavy atom. The normalized spacial score (nSPS) is 11.9. The van der Waals surface area contributed by atoms with Gasteiger partial charge in [0.2, 0.25) is 0 Å². The van der Waals surface area contributed by atoms with Crippen molar-refractivity contribution in [3.05, 3.63) is 40.2 Å². The van der Waals surface area contributed by atoms with Crippen LogP contribution in [0.15, 0.2) is 33.5 Å². The third-order valence-corrected chi connectivity index (χ3v) is 4.00. The summed E-state index contributed by atoms with van der Waals surface area (Å²) in [5, 5.41) is 4.10. The van der Waals surface area contributed by atoms with Crippen molar-refractivity contribution in [2.75, 3.05) is 27.2 Å². The molecule has 3 N–H and O–H groups in total. The maximum absolute atomic E-state index is 12.1. The van der Waals surface area contributed by atoms with Gasteiger partial charge in [-0.15, -0.1) is 0 Å². The number of ether oxygens (including phenoxy) is 1. The van der Waals surface area contributed by atoms with Crippen LogP contribution in [0.3, 0.4) is 0 Å². The lowest BCUT2D eigenvalue weighted by Gasteiger charge is -2.17. The molecule has 1 aromatic carbocycles. The van der Waals surface area contributed by atoms with E-state index >= 15 is 0 Å². The van der Waals surface area contributed by atoms with E-state index in [-0.39, 0.29) is 0 Å². The van der Waals surface area contributed by atoms with Gasteiger partial charge in [-0.05, 0) is 57.9 Å². The zero-order valence-corrected chi connectivity index (χ0v) is 16.6. The van der Waals surface area contributed by atoms with Crippen LogP contribution in [0.5, 0.6) is 5.75 Å². The van der Waals surface area contributed by atoms with Gasteiger partial charge in [0.15, 0.2) is 11.2 Å². The standard InChI is InChI=1S/C18H24N4O4S/c1-11-9-16(23)26-15-10-13(5-6-14(11)15)25-12(2)17(24)20-21-18(27)19-7-8-22(3)4/h5-6,9-10,12H,7-8H2,1-4H3,(H,20,24)(H2,19,21,27)/t12-/m0/s1. The van der Waals surface area contributed by atoms with Crippen LogP contribution in [0.4, 0.5) is 0 Å². The van der Waals surface area contributed by atoms with Crippen LogP contribution in [-0.4, -0.2) is 49.2 Å². The third kappa shape index (κ3) is 6.22. The first-order valence-electron chi connectivity index (χ1n) is 8.46. The maximum atomic E-state index is 12.1. The second-order valence-electron chi connectivity index (χ2n) is 6.34. The number of thiocarbonyl (C=S) groups is 1. The molecule has 27 heavy (non-hydrogen) atoms. The Morgan fingerprint density at radius 1 is 1.30 bits per heavy atom. The molecular weight excluding hydrogens is 368 g/mol. The number of carbonyl (C=O) groups excluding carboxylic acids is 1. The van der Waals surface area contributed by atoms with E-state index in [9.17, 15) is 9.59 Å². The first-order chi connectivity index (χ1) is 12.8. The van der Waals surface area contributed by atoms with Crippen molar-refractivity contribution in [2.45, 2.75) is 20.0 Å². The van der Waals surface area contributed by atoms with Crippen molar-refractivity contribution < 1.29 is 13.9 Å². The highest BCUT2D eigenvalue weighted by Crippen LogP contribution is 2.22. The smallest absolute Gasteiger partial charge is 0.336 e. The molecule has 0 radical (unpaired) electrons. The molecule has 0 saturated carbocycles. The minimum Gasteiger partial charge on any atom is -0.481 e. The van der Waals surface area contributed by atoms with Crippen LogP contribution >= 0.6 is 12.2 Å². The van der Waals surface area contributed by atoms with Gasteiger partial charge in [0, 0.05) is 30.6 Å². The SMILES string of the molecule is Cc1cc(=O)oc2cc(O[C@@H](C)C(=O)NNC(=S)NCCN(C)C)ccc12. The van der Waals surface area contributed by atoms with Crippen molar-refractivity contribution in [3.8, 4) is 5.75 Å². The maximum Gasteiger partial charge on any atom is 0.336 e. The van der Waals surface area contributed by atoms with Gasteiger partial charge >= 0.3 is 5.63 Å². The predicted molar refractivity (Wildman–Crippen MR) is 108 cm³/mol. The van der Waals surface area contributed by atoms with E-state index in [1.165, 1.54) is 6.07 Å². The summed E-state index contributed by atoms with van der Waals surface area (Å²) in [6.07, 6.45) is -0.781. The fraction of sp³-hybridized carbons (Fsp3) is 0.389. The Kier molecular flexibility index (Phi) is 7.14. The van der Waals surface area contributed by atoms with Gasteiger partial charge in [-0.1, -0.05) is 0 Å². The molecule has 0 unspecified atom stereocenters. The van der Waals surface area contributed by atoms with E-state index in [0.717, 1.165) is 17.5 Å². The highest BCUT2D eigenvalue weighted by Gasteiger charge is 2.15. The number of likely N-dealkylation sites (N-methyl/N-ethyl adjacent to an activating group) is 1. The van der Waals surface area contributed by atoms with Crippen molar-refractivity contribution in [1.29, 1.82) is 0 Å². The van der Waals surface area contributed by atoms with E-state index in [4.69, 9.17) is 21.4 Å². The number of rotatable bonds is 6. The van der Waals surface area contributed by atoms with Crippen molar-refractivity contribution in [2.24, 2.45) is 0 Å². The van der Waals surface area contributed by atoms with Gasteiger partial charge in [0.05, 0.1) is 0 Å². The number of carbonyl (C=O) groups is 1. The highest BCUT2D eigenvalue weighted by molar-refractivity contribution is 7.80. The second kappa shape index (κ2) is 9.33. The zero-order valence-electron chi connectivity index (χ0n) is 15.8. The molecule has 8 nitrogen and oxygen atoms in total. The van der Waals surface area contributed by atoms with Crippen LogP contribution in [-0.2, 0) is 4.79 Å². The van der Waals surface area contributed by atoms with Crippen LogP contribution in [0.25, 0.3) is 11.0 Å². The van der Waals surface area contributed by atoms with Crippen LogP contribution < -0.4 is 26.5 Å². The molecule has 2 rings (SSSR count). The first-order valence-corrected chi connectivity index (χ1v) is 8.86. The molecule has 146 valence electrons. The topological polar surface area (TPSA) is 95.8 Å². The Balaban J connectivity index is 1.89. The Hall–Kier alpha value is -2.65. The van der Waals surface area contributed by atoms with Crippen molar-refractivity contribution in [1.82, 2.24) is 21.1 Å². The summed E-state index contributed by atoms with van der Waals surface area (Å²) < 4.78 is 10.8. The predicted octanol–water partition coefficient (Wildman–Crippen LogP) is 0.926. The Morgan fingerprint density at radius 3 is 2.74 bits per heavy atom. The summed E-state index contributed by atoms with van der Waals surface area (Å²) in [6, 6.07) is 6.53. The molecule has 0 aliphatic heterocycles. The minimum atomic E-state index is -0.781. The van der Waals surface area contributed by atoms with Gasteiger partial charge in [-0.2, -0.15) is 0 Å². The number of aryl methyl sites for hydroxylation is 1. The van der Waals surface area contributed by atoms with Crippen LogP contribution in [0.1, 0.15) is 12.5 Å². The lowest BCUT2D eigenvalue weighted by Crippen LogP contribution is -2.51. The average Bonchev–Trinajstić information content (AvgIpc) is 2.58. The molecule has 1 amide bonds. The summed E-state index contributed by atoms with van der Waals surface area (Å²) in [5.41, 5.74) is 5.92. The molecule has 0 bridgehead atoms. The largest absolute Gasteiger partial charge is 0.481 e. The monoisotopic (exact) mass is 392 g/mol. The number of hydrogen-bond donors (Lipinski definition) is 3. The van der Waals surface area contributed by atoms with Gasteiger partial charge in [-0.3, -0.25) is 15.6 Å². The van der Waals surface area contributed by atoms with Crippen molar-refractivity contribution in [3.63, 3.8) is 0 Å². The molecule has 1 atom stereocenters. The van der Waals surface area contributed by atoms with E-state index in [2.05, 4.69) is 16.2 Å². The molecule has 1 heterocycles. The lowest BCUT2D eigenvalue weighted by atomic mass is 10.1. The first kappa shape index (κ1) is 20.7. The summed E-state index contributed by atoms with van der Waals surface area (Å²) in [7, 11) is 3.91. The minimum absolute atomic E-state index is 0.320. The van der Waals surface area contributed by atoms with Gasteiger partial charge in [0.1, 0.15) is 11.3 Å². The van der Waals surface area contributed by atoms with E-state index in [1.807, 2.05) is 25.9 Å². The zero-order chi connectivity index (χ0) is 20.0. The molecule has 0 spiro atoms. The highest BCUT2D eigenvalue weighted by atomic mass is 32.1. The number of amides is 1. The summed E-state index contributed by atoms with van der Waals surface area (Å²) in [4.78, 5) is 25.7. The number of hydrogen-bond acceptors (Lipinski definition) is 6. The molecule has 0 aliphatic rings. The number of nitrogens with zero attached hydrogens (tertiary/aromatic N) is 1. The lowest BCUT2D eigenvalue weighted by molar-refractivity contribution is -0.127. The summed E-state index contributed by atoms with van der Waals surface area (Å²) in [5.74, 6) is 0.0307. The van der Waals surface area contributed by atoms with Gasteiger partial charge in [-0.25, -0.2) is 4.79 Å². The molecular formula is C18H24N4O4S. The molecule has 9 heteroatoms. The van der Waals surface area contributed by atoms with Gasteiger partial charge < -0.3 is 19.4 Å². The number of benzene rings is 1. The Bertz CT molecular complexity index is 881. The van der Waals surface area contributed by atoms with E-state index in [1.54, 1.807) is 25.1 Å². The summed E-state index contributed by atoms with van der Waals surface area (Å²) >= 11 is 5.08. The number of hydrazine groups is 1. The fourth-order valence-corrected chi connectivity index (χ4v) is 2.45. The quantitative estimate of drug-likeness (QED) is 0.380. The van der Waals surface area contributed by atoms with Crippen molar-refractivity contribution >= 4 is 34.2 Å².